The zero-order chi connectivity index (χ0) is 11.6. The van der Waals surface area contributed by atoms with Crippen molar-refractivity contribution in [1.29, 1.82) is 0 Å². The third kappa shape index (κ3) is 2.58. The summed E-state index contributed by atoms with van der Waals surface area (Å²) >= 11 is -2.79. The van der Waals surface area contributed by atoms with Crippen LogP contribution in [0.3, 0.4) is 0 Å². The van der Waals surface area contributed by atoms with Gasteiger partial charge >= 0.3 is 17.3 Å². The highest BCUT2D eigenvalue weighted by Gasteiger charge is 2.16. The monoisotopic (exact) mass is 234 g/mol. The molecule has 0 aliphatic heterocycles. The molecule has 8 heteroatoms. The van der Waals surface area contributed by atoms with E-state index < -0.39 is 34.6 Å². The van der Waals surface area contributed by atoms with Crippen LogP contribution >= 0.6 is 0 Å². The van der Waals surface area contributed by atoms with E-state index in [4.69, 9.17) is 19.9 Å². The first-order chi connectivity index (χ1) is 6.91. The third-order valence-corrected chi connectivity index (χ3v) is 1.75. The van der Waals surface area contributed by atoms with Gasteiger partial charge in [0.25, 0.3) is 0 Å². The number of phenolic OH excluding ortho intramolecular Hbond substituents is 3. The van der Waals surface area contributed by atoms with Gasteiger partial charge in [0.2, 0.25) is 0 Å². The lowest BCUT2D eigenvalue weighted by atomic mass is 10.2. The van der Waals surface area contributed by atoms with Crippen molar-refractivity contribution >= 4 is 17.3 Å². The van der Waals surface area contributed by atoms with Crippen LogP contribution in [-0.4, -0.2) is 30.1 Å². The van der Waals surface area contributed by atoms with Crippen LogP contribution in [0.25, 0.3) is 0 Å². The molecule has 4 N–H and O–H groups in total. The Morgan fingerprint density at radius 1 is 1.20 bits per heavy atom. The van der Waals surface area contributed by atoms with Crippen LogP contribution in [0.2, 0.25) is 0 Å². The number of carbonyl (C=O) groups is 1. The Balaban J connectivity index is 3.06. The summed E-state index contributed by atoms with van der Waals surface area (Å²) in [6.45, 7) is 0. The lowest BCUT2D eigenvalue weighted by Crippen LogP contribution is -2.06. The number of hydrogen-bond donors (Lipinski definition) is 4. The topological polar surface area (TPSA) is 124 Å². The van der Waals surface area contributed by atoms with Crippen LogP contribution in [0.1, 0.15) is 10.4 Å². The molecule has 15 heavy (non-hydrogen) atoms. The highest BCUT2D eigenvalue weighted by molar-refractivity contribution is 7.74. The molecule has 1 aromatic rings. The van der Waals surface area contributed by atoms with Crippen molar-refractivity contribution in [1.82, 2.24) is 0 Å². The summed E-state index contributed by atoms with van der Waals surface area (Å²) in [5, 5.41) is 26.9. The van der Waals surface area contributed by atoms with Crippen molar-refractivity contribution in [3.05, 3.63) is 17.7 Å². The second-order valence-electron chi connectivity index (χ2n) is 2.45. The van der Waals surface area contributed by atoms with Gasteiger partial charge in [0, 0.05) is 0 Å². The van der Waals surface area contributed by atoms with E-state index in [1.807, 2.05) is 0 Å². The molecule has 0 aliphatic rings. The molecule has 0 heterocycles. The van der Waals surface area contributed by atoms with E-state index in [0.717, 1.165) is 12.1 Å². The largest absolute Gasteiger partial charge is 0.504 e. The molecule has 1 aromatic carbocycles. The van der Waals surface area contributed by atoms with Crippen LogP contribution < -0.4 is 0 Å². The average molecular weight is 234 g/mol. The van der Waals surface area contributed by atoms with Gasteiger partial charge in [0.1, 0.15) is 0 Å². The van der Waals surface area contributed by atoms with E-state index in [0.29, 0.717) is 0 Å². The normalized spacial score (nSPS) is 12.1. The Kier molecular flexibility index (Phi) is 3.12. The molecule has 0 saturated carbocycles. The molecule has 1 unspecified atom stereocenters. The van der Waals surface area contributed by atoms with E-state index in [9.17, 15) is 9.00 Å². The Morgan fingerprint density at radius 3 is 2.07 bits per heavy atom. The average Bonchev–Trinajstić information content (AvgIpc) is 2.12. The fraction of sp³-hybridized carbons (Fsp3) is 0. The molecule has 82 valence electrons. The summed E-state index contributed by atoms with van der Waals surface area (Å²) in [5.41, 5.74) is -0.370. The number of aromatic hydroxyl groups is 3. The lowest BCUT2D eigenvalue weighted by molar-refractivity contribution is 0.0742. The maximum atomic E-state index is 11.0. The molecular formula is C7H6O7S. The molecule has 0 amide bonds. The summed E-state index contributed by atoms with van der Waals surface area (Å²) in [6.07, 6.45) is 0. The minimum absolute atomic E-state index is 0.370. The highest BCUT2D eigenvalue weighted by atomic mass is 32.2. The first-order valence-corrected chi connectivity index (χ1v) is 4.53. The molecular weight excluding hydrogens is 228 g/mol. The van der Waals surface area contributed by atoms with Crippen molar-refractivity contribution in [2.45, 2.75) is 0 Å². The smallest absolute Gasteiger partial charge is 0.360 e. The SMILES string of the molecule is O=C(OS(=O)O)c1cc(O)c(O)c(O)c1. The maximum Gasteiger partial charge on any atom is 0.360 e. The van der Waals surface area contributed by atoms with Crippen molar-refractivity contribution in [2.24, 2.45) is 0 Å². The molecule has 0 aliphatic carbocycles. The lowest BCUT2D eigenvalue weighted by Gasteiger charge is -2.03. The number of rotatable bonds is 2. The zero-order valence-electron chi connectivity index (χ0n) is 7.08. The van der Waals surface area contributed by atoms with Gasteiger partial charge in [-0.05, 0) is 12.1 Å². The van der Waals surface area contributed by atoms with Crippen LogP contribution in [0, 0.1) is 0 Å². The first kappa shape index (κ1) is 11.3. The van der Waals surface area contributed by atoms with Crippen LogP contribution in [0.15, 0.2) is 12.1 Å². The summed E-state index contributed by atoms with van der Waals surface area (Å²) in [4.78, 5) is 11.0. The molecule has 0 bridgehead atoms. The van der Waals surface area contributed by atoms with Gasteiger partial charge in [0.15, 0.2) is 17.2 Å². The summed E-state index contributed by atoms with van der Waals surface area (Å²) in [7, 11) is 0. The van der Waals surface area contributed by atoms with Crippen LogP contribution in [0.5, 0.6) is 17.2 Å². The molecule has 7 nitrogen and oxygen atoms in total. The zero-order valence-corrected chi connectivity index (χ0v) is 7.89. The van der Waals surface area contributed by atoms with Gasteiger partial charge in [-0.15, -0.1) is 0 Å². The second-order valence-corrected chi connectivity index (χ2v) is 3.05. The van der Waals surface area contributed by atoms with Crippen molar-refractivity contribution in [3.8, 4) is 17.2 Å². The maximum absolute atomic E-state index is 11.0. The summed E-state index contributed by atoms with van der Waals surface area (Å²) in [5.74, 6) is -3.51. The standard InChI is InChI=1S/C7H6O7S/c8-4-1-3(2-5(9)6(4)10)7(11)14-15(12)13/h1-2,8-10H,(H,12,13). The van der Waals surface area contributed by atoms with Gasteiger partial charge in [-0.3, -0.25) is 4.55 Å². The predicted octanol–water partition coefficient (Wildman–Crippen LogP) is 0.0969. The van der Waals surface area contributed by atoms with Crippen LogP contribution in [-0.2, 0) is 15.5 Å². The number of phenols is 3. The molecule has 0 radical (unpaired) electrons. The molecule has 1 atom stereocenters. The minimum Gasteiger partial charge on any atom is -0.504 e. The third-order valence-electron chi connectivity index (χ3n) is 1.45. The Hall–Kier alpha value is -1.80. The van der Waals surface area contributed by atoms with Gasteiger partial charge in [-0.2, -0.15) is 4.21 Å². The van der Waals surface area contributed by atoms with Gasteiger partial charge in [0.05, 0.1) is 5.56 Å². The predicted molar refractivity (Wildman–Crippen MR) is 47.6 cm³/mol. The van der Waals surface area contributed by atoms with Crippen LogP contribution in [0.4, 0.5) is 0 Å². The molecule has 0 saturated heterocycles. The van der Waals surface area contributed by atoms with E-state index >= 15 is 0 Å². The Labute approximate surface area is 86.0 Å². The Bertz CT molecular complexity index is 404. The molecule has 0 fully saturated rings. The van der Waals surface area contributed by atoms with Gasteiger partial charge < -0.3 is 19.5 Å². The van der Waals surface area contributed by atoms with Crippen molar-refractivity contribution < 1.29 is 33.1 Å². The first-order valence-electron chi connectivity index (χ1n) is 3.50. The number of carbonyl (C=O) groups excluding carboxylic acids is 1. The quantitative estimate of drug-likeness (QED) is 0.422. The Morgan fingerprint density at radius 2 is 1.67 bits per heavy atom. The van der Waals surface area contributed by atoms with Crippen molar-refractivity contribution in [3.63, 3.8) is 0 Å². The number of benzene rings is 1. The minimum atomic E-state index is -2.79. The highest BCUT2D eigenvalue weighted by Crippen LogP contribution is 2.35. The fourth-order valence-corrected chi connectivity index (χ4v) is 1.06. The van der Waals surface area contributed by atoms with Gasteiger partial charge in [-0.1, -0.05) is 0 Å². The van der Waals surface area contributed by atoms with E-state index in [2.05, 4.69) is 4.18 Å². The molecule has 0 aromatic heterocycles. The van der Waals surface area contributed by atoms with Gasteiger partial charge in [-0.25, -0.2) is 4.79 Å². The van der Waals surface area contributed by atoms with E-state index in [1.165, 1.54) is 0 Å². The molecule has 1 rings (SSSR count). The van der Waals surface area contributed by atoms with E-state index in [1.54, 1.807) is 0 Å². The van der Waals surface area contributed by atoms with E-state index in [-0.39, 0.29) is 5.56 Å². The fourth-order valence-electron chi connectivity index (χ4n) is 0.835. The summed E-state index contributed by atoms with van der Waals surface area (Å²) < 4.78 is 22.2. The van der Waals surface area contributed by atoms with Crippen molar-refractivity contribution in [2.75, 3.05) is 0 Å². The molecule has 0 spiro atoms. The summed E-state index contributed by atoms with van der Waals surface area (Å²) in [6, 6.07) is 1.56. The second kappa shape index (κ2) is 4.15. The number of hydrogen-bond acceptors (Lipinski definition) is 6.